The van der Waals surface area contributed by atoms with E-state index in [1.54, 1.807) is 18.2 Å². The van der Waals surface area contributed by atoms with Crippen molar-refractivity contribution in [2.75, 3.05) is 12.4 Å². The Kier molecular flexibility index (Phi) is 5.45. The van der Waals surface area contributed by atoms with Crippen molar-refractivity contribution in [3.05, 3.63) is 70.2 Å². The van der Waals surface area contributed by atoms with E-state index in [1.165, 1.54) is 43.6 Å². The van der Waals surface area contributed by atoms with Crippen LogP contribution in [-0.4, -0.2) is 18.1 Å². The molecule has 0 aliphatic carbocycles. The van der Waals surface area contributed by atoms with Gasteiger partial charge in [-0.3, -0.25) is 10.1 Å². The molecule has 124 valence electrons. The van der Waals surface area contributed by atoms with Gasteiger partial charge in [-0.1, -0.05) is 12.1 Å². The van der Waals surface area contributed by atoms with Gasteiger partial charge < -0.3 is 15.4 Å². The number of rotatable bonds is 5. The Morgan fingerprint density at radius 1 is 1.25 bits per heavy atom. The van der Waals surface area contributed by atoms with Crippen molar-refractivity contribution >= 4 is 23.5 Å². The second-order valence-electron chi connectivity index (χ2n) is 4.63. The van der Waals surface area contributed by atoms with Gasteiger partial charge in [0, 0.05) is 12.3 Å². The highest BCUT2D eigenvalue weighted by molar-refractivity contribution is 5.92. The molecule has 0 aliphatic rings. The van der Waals surface area contributed by atoms with Crippen LogP contribution in [0.4, 0.5) is 20.6 Å². The topological polar surface area (TPSA) is 93.5 Å². The third-order valence-electron chi connectivity index (χ3n) is 3.00. The summed E-state index contributed by atoms with van der Waals surface area (Å²) in [6.07, 6.45) is 2.98. The van der Waals surface area contributed by atoms with Crippen molar-refractivity contribution in [3.8, 4) is 5.75 Å². The number of carbonyl (C=O) groups is 1. The van der Waals surface area contributed by atoms with E-state index in [9.17, 15) is 19.3 Å². The number of nitrogens with one attached hydrogen (secondary N) is 2. The Morgan fingerprint density at radius 2 is 1.96 bits per heavy atom. The quantitative estimate of drug-likeness (QED) is 0.647. The monoisotopic (exact) mass is 331 g/mol. The van der Waals surface area contributed by atoms with Crippen LogP contribution >= 0.6 is 0 Å². The van der Waals surface area contributed by atoms with Gasteiger partial charge in [-0.15, -0.1) is 0 Å². The molecule has 7 nitrogen and oxygen atoms in total. The number of halogens is 1. The maximum absolute atomic E-state index is 12.8. The third kappa shape index (κ3) is 4.54. The maximum Gasteiger partial charge on any atom is 0.323 e. The molecule has 0 fully saturated rings. The Morgan fingerprint density at radius 3 is 2.58 bits per heavy atom. The normalized spacial score (nSPS) is 10.4. The van der Waals surface area contributed by atoms with Crippen LogP contribution in [0.25, 0.3) is 6.08 Å². The zero-order valence-corrected chi connectivity index (χ0v) is 12.7. The number of non-ortho nitro benzene ring substituents is 1. The van der Waals surface area contributed by atoms with E-state index >= 15 is 0 Å². The summed E-state index contributed by atoms with van der Waals surface area (Å²) >= 11 is 0. The number of carbonyl (C=O) groups excluding carboxylic acids is 1. The average Bonchev–Trinajstić information content (AvgIpc) is 2.56. The summed E-state index contributed by atoms with van der Waals surface area (Å²) < 4.78 is 17.8. The second kappa shape index (κ2) is 7.73. The molecule has 0 aromatic heterocycles. The number of nitrogens with zero attached hydrogens (tertiary/aromatic N) is 1. The van der Waals surface area contributed by atoms with Crippen molar-refractivity contribution < 1.29 is 18.8 Å². The number of methoxy groups -OCH3 is 1. The fourth-order valence-electron chi connectivity index (χ4n) is 1.84. The van der Waals surface area contributed by atoms with E-state index in [-0.39, 0.29) is 22.9 Å². The molecule has 2 aromatic carbocycles. The van der Waals surface area contributed by atoms with E-state index in [0.717, 1.165) is 0 Å². The minimum absolute atomic E-state index is 0.144. The molecule has 0 bridgehead atoms. The Bertz CT molecular complexity index is 775. The first-order valence-electron chi connectivity index (χ1n) is 6.81. The van der Waals surface area contributed by atoms with Crippen LogP contribution in [0.1, 0.15) is 5.56 Å². The van der Waals surface area contributed by atoms with Crippen LogP contribution < -0.4 is 15.4 Å². The minimum atomic E-state index is -0.558. The molecule has 0 saturated heterocycles. The smallest absolute Gasteiger partial charge is 0.323 e. The van der Waals surface area contributed by atoms with Gasteiger partial charge in [-0.25, -0.2) is 9.18 Å². The predicted octanol–water partition coefficient (Wildman–Crippen LogP) is 3.53. The summed E-state index contributed by atoms with van der Waals surface area (Å²) in [5.74, 6) is -0.176. The lowest BCUT2D eigenvalue weighted by Crippen LogP contribution is -2.24. The summed E-state index contributed by atoms with van der Waals surface area (Å²) in [6.45, 7) is 0. The molecule has 0 aliphatic heterocycles. The highest BCUT2D eigenvalue weighted by atomic mass is 19.1. The molecule has 2 N–H and O–H groups in total. The molecule has 0 unspecified atom stereocenters. The van der Waals surface area contributed by atoms with Gasteiger partial charge >= 0.3 is 6.03 Å². The van der Waals surface area contributed by atoms with Crippen molar-refractivity contribution in [1.29, 1.82) is 0 Å². The molecule has 24 heavy (non-hydrogen) atoms. The van der Waals surface area contributed by atoms with E-state index < -0.39 is 11.0 Å². The van der Waals surface area contributed by atoms with Crippen LogP contribution in [0.5, 0.6) is 5.75 Å². The first kappa shape index (κ1) is 16.9. The van der Waals surface area contributed by atoms with Crippen LogP contribution in [-0.2, 0) is 0 Å². The number of ether oxygens (including phenoxy) is 1. The Labute approximate surface area is 136 Å². The lowest BCUT2D eigenvalue weighted by Gasteiger charge is -2.09. The molecular formula is C16H14FN3O4. The number of nitro groups is 1. The molecule has 2 aromatic rings. The molecule has 0 radical (unpaired) electrons. The molecule has 2 amide bonds. The third-order valence-corrected chi connectivity index (χ3v) is 3.00. The van der Waals surface area contributed by atoms with E-state index in [2.05, 4.69) is 10.6 Å². The summed E-state index contributed by atoms with van der Waals surface area (Å²) in [6, 6.07) is 9.02. The zero-order valence-electron chi connectivity index (χ0n) is 12.7. The molecule has 0 heterocycles. The number of benzene rings is 2. The summed E-state index contributed by atoms with van der Waals surface area (Å²) in [5, 5.41) is 15.7. The van der Waals surface area contributed by atoms with Gasteiger partial charge in [-0.05, 0) is 29.8 Å². The number of amides is 2. The van der Waals surface area contributed by atoms with Crippen LogP contribution in [0.3, 0.4) is 0 Å². The largest absolute Gasteiger partial charge is 0.494 e. The van der Waals surface area contributed by atoms with E-state index in [1.807, 2.05) is 0 Å². The summed E-state index contributed by atoms with van der Waals surface area (Å²) in [5.41, 5.74) is 0.856. The molecule has 0 atom stereocenters. The molecule has 0 spiro atoms. The predicted molar refractivity (Wildman–Crippen MR) is 87.2 cm³/mol. The Hall–Kier alpha value is -3.42. The van der Waals surface area contributed by atoms with Crippen LogP contribution in [0.2, 0.25) is 0 Å². The van der Waals surface area contributed by atoms with Gasteiger partial charge in [0.05, 0.1) is 23.8 Å². The number of nitro benzene ring substituents is 1. The van der Waals surface area contributed by atoms with Crippen LogP contribution in [0, 0.1) is 15.9 Å². The first-order chi connectivity index (χ1) is 11.5. The maximum atomic E-state index is 12.8. The second-order valence-corrected chi connectivity index (χ2v) is 4.63. The van der Waals surface area contributed by atoms with Gasteiger partial charge in [0.25, 0.3) is 5.69 Å². The molecular weight excluding hydrogens is 317 g/mol. The summed E-state index contributed by atoms with van der Waals surface area (Å²) in [4.78, 5) is 22.0. The highest BCUT2D eigenvalue weighted by Gasteiger charge is 2.12. The standard InChI is InChI=1S/C16H14FN3O4/c1-24-15-10-13(20(22)23)6-7-14(15)19-16(21)18-9-8-11-2-4-12(17)5-3-11/h2-10H,1H3,(H2,18,19,21)/b9-8+. The lowest BCUT2D eigenvalue weighted by atomic mass is 10.2. The average molecular weight is 331 g/mol. The van der Waals surface area contributed by atoms with Gasteiger partial charge in [0.2, 0.25) is 0 Å². The van der Waals surface area contributed by atoms with Crippen molar-refractivity contribution in [1.82, 2.24) is 5.32 Å². The lowest BCUT2D eigenvalue weighted by molar-refractivity contribution is -0.384. The van der Waals surface area contributed by atoms with E-state index in [0.29, 0.717) is 5.56 Å². The van der Waals surface area contributed by atoms with Gasteiger partial charge in [-0.2, -0.15) is 0 Å². The molecule has 8 heteroatoms. The minimum Gasteiger partial charge on any atom is -0.494 e. The zero-order chi connectivity index (χ0) is 17.5. The number of urea groups is 1. The Balaban J connectivity index is 1.99. The number of hydrogen-bond acceptors (Lipinski definition) is 4. The molecule has 0 saturated carbocycles. The van der Waals surface area contributed by atoms with E-state index in [4.69, 9.17) is 4.74 Å². The van der Waals surface area contributed by atoms with Crippen molar-refractivity contribution in [3.63, 3.8) is 0 Å². The van der Waals surface area contributed by atoms with Gasteiger partial charge in [0.1, 0.15) is 11.6 Å². The van der Waals surface area contributed by atoms with Crippen molar-refractivity contribution in [2.45, 2.75) is 0 Å². The fraction of sp³-hybridized carbons (Fsp3) is 0.0625. The SMILES string of the molecule is COc1cc([N+](=O)[O-])ccc1NC(=O)N/C=C/c1ccc(F)cc1. The van der Waals surface area contributed by atoms with Crippen molar-refractivity contribution in [2.24, 2.45) is 0 Å². The number of anilines is 1. The van der Waals surface area contributed by atoms with Crippen LogP contribution in [0.15, 0.2) is 48.7 Å². The summed E-state index contributed by atoms with van der Waals surface area (Å²) in [7, 11) is 1.34. The highest BCUT2D eigenvalue weighted by Crippen LogP contribution is 2.28. The molecule has 2 rings (SSSR count). The van der Waals surface area contributed by atoms with Gasteiger partial charge in [0.15, 0.2) is 0 Å². The fourth-order valence-corrected chi connectivity index (χ4v) is 1.84. The number of hydrogen-bond donors (Lipinski definition) is 2. The first-order valence-corrected chi connectivity index (χ1v) is 6.81.